The molecule has 1 N–H and O–H groups in total. The topological polar surface area (TPSA) is 55.4 Å². The number of aryl methyl sites for hydroxylation is 1. The first-order chi connectivity index (χ1) is 11.6. The van der Waals surface area contributed by atoms with Gasteiger partial charge in [-0.2, -0.15) is 0 Å². The summed E-state index contributed by atoms with van der Waals surface area (Å²) in [6.07, 6.45) is 2.82. The van der Waals surface area contributed by atoms with Crippen LogP contribution in [0.2, 0.25) is 5.02 Å². The Morgan fingerprint density at radius 2 is 2.00 bits per heavy atom. The highest BCUT2D eigenvalue weighted by Gasteiger charge is 2.26. The van der Waals surface area contributed by atoms with Crippen LogP contribution in [0.4, 0.5) is 5.69 Å². The fraction of sp³-hybridized carbons (Fsp3) is 0.263. The first kappa shape index (κ1) is 16.5. The number of carbonyl (C=O) groups is 2. The van der Waals surface area contributed by atoms with Crippen molar-refractivity contribution in [2.75, 3.05) is 12.4 Å². The third-order valence-corrected chi connectivity index (χ3v) is 4.65. The van der Waals surface area contributed by atoms with E-state index in [1.807, 2.05) is 18.2 Å². The lowest BCUT2D eigenvalue weighted by molar-refractivity contribution is -0.117. The van der Waals surface area contributed by atoms with Crippen molar-refractivity contribution in [1.82, 2.24) is 0 Å². The van der Waals surface area contributed by atoms with Crippen molar-refractivity contribution in [2.45, 2.75) is 25.2 Å². The number of carbonyl (C=O) groups excluding carboxylic acids is 2. The molecule has 0 saturated heterocycles. The number of nitrogens with one attached hydrogen (secondary N) is 1. The number of halogens is 1. The van der Waals surface area contributed by atoms with E-state index in [2.05, 4.69) is 11.4 Å². The van der Waals surface area contributed by atoms with Gasteiger partial charge < -0.3 is 10.1 Å². The standard InChI is InChI=1S/C19H18ClNO3/c1-24-19(23)16-11-13(9-10-17(16)20)21-18(22)15-8-4-6-12-5-2-3-7-14(12)15/h2-3,5,7,9-11,15H,4,6,8H2,1H3,(H,21,22)/t15-/m0/s1. The molecule has 0 radical (unpaired) electrons. The quantitative estimate of drug-likeness (QED) is 0.850. The summed E-state index contributed by atoms with van der Waals surface area (Å²) < 4.78 is 4.70. The second kappa shape index (κ2) is 7.05. The van der Waals surface area contributed by atoms with E-state index in [0.717, 1.165) is 24.8 Å². The Bertz CT molecular complexity index is 788. The first-order valence-corrected chi connectivity index (χ1v) is 8.24. The van der Waals surface area contributed by atoms with Crippen LogP contribution in [0.3, 0.4) is 0 Å². The Balaban J connectivity index is 1.82. The Morgan fingerprint density at radius 1 is 1.21 bits per heavy atom. The molecule has 0 heterocycles. The fourth-order valence-corrected chi connectivity index (χ4v) is 3.32. The van der Waals surface area contributed by atoms with Gasteiger partial charge in [0.25, 0.3) is 0 Å². The van der Waals surface area contributed by atoms with Gasteiger partial charge in [-0.15, -0.1) is 0 Å². The molecule has 2 aromatic rings. The number of hydrogen-bond donors (Lipinski definition) is 1. The summed E-state index contributed by atoms with van der Waals surface area (Å²) in [4.78, 5) is 24.4. The molecule has 0 bridgehead atoms. The molecule has 124 valence electrons. The van der Waals surface area contributed by atoms with Gasteiger partial charge in [-0.3, -0.25) is 4.79 Å². The molecule has 0 fully saturated rings. The molecule has 0 spiro atoms. The molecule has 1 atom stereocenters. The van der Waals surface area contributed by atoms with Crippen LogP contribution in [0.1, 0.15) is 40.2 Å². The number of esters is 1. The second-order valence-corrected chi connectivity index (χ2v) is 6.23. The van der Waals surface area contributed by atoms with E-state index in [1.165, 1.54) is 12.7 Å². The normalized spacial score (nSPS) is 16.2. The minimum Gasteiger partial charge on any atom is -0.465 e. The highest BCUT2D eigenvalue weighted by atomic mass is 35.5. The number of rotatable bonds is 3. The summed E-state index contributed by atoms with van der Waals surface area (Å²) in [7, 11) is 1.29. The fourth-order valence-electron chi connectivity index (χ4n) is 3.13. The van der Waals surface area contributed by atoms with Crippen LogP contribution in [0.5, 0.6) is 0 Å². The molecule has 0 aliphatic heterocycles. The van der Waals surface area contributed by atoms with Gasteiger partial charge in [0.2, 0.25) is 5.91 Å². The number of methoxy groups -OCH3 is 1. The molecule has 24 heavy (non-hydrogen) atoms. The van der Waals surface area contributed by atoms with Crippen LogP contribution >= 0.6 is 11.6 Å². The molecule has 1 aliphatic carbocycles. The Labute approximate surface area is 145 Å². The van der Waals surface area contributed by atoms with Gasteiger partial charge >= 0.3 is 5.97 Å². The van der Waals surface area contributed by atoms with Crippen LogP contribution in [-0.2, 0) is 16.0 Å². The van der Waals surface area contributed by atoms with Gasteiger partial charge in [0.05, 0.1) is 23.6 Å². The zero-order valence-electron chi connectivity index (χ0n) is 13.3. The number of ether oxygens (including phenoxy) is 1. The number of amides is 1. The molecule has 0 saturated carbocycles. The van der Waals surface area contributed by atoms with Crippen LogP contribution in [0, 0.1) is 0 Å². The molecule has 3 rings (SSSR count). The van der Waals surface area contributed by atoms with Crippen LogP contribution < -0.4 is 5.32 Å². The highest BCUT2D eigenvalue weighted by molar-refractivity contribution is 6.33. The predicted octanol–water partition coefficient (Wildman–Crippen LogP) is 4.19. The maximum absolute atomic E-state index is 12.7. The van der Waals surface area contributed by atoms with E-state index in [4.69, 9.17) is 16.3 Å². The minimum absolute atomic E-state index is 0.0692. The second-order valence-electron chi connectivity index (χ2n) is 5.82. The van der Waals surface area contributed by atoms with Gasteiger partial charge in [0.15, 0.2) is 0 Å². The molecular formula is C19H18ClNO3. The molecule has 5 heteroatoms. The Hall–Kier alpha value is -2.33. The van der Waals surface area contributed by atoms with E-state index in [9.17, 15) is 9.59 Å². The SMILES string of the molecule is COC(=O)c1cc(NC(=O)[C@H]2CCCc3ccccc32)ccc1Cl. The highest BCUT2D eigenvalue weighted by Crippen LogP contribution is 2.32. The molecule has 4 nitrogen and oxygen atoms in total. The zero-order chi connectivity index (χ0) is 17.1. The van der Waals surface area contributed by atoms with Crippen LogP contribution in [-0.4, -0.2) is 19.0 Å². The van der Waals surface area contributed by atoms with E-state index >= 15 is 0 Å². The zero-order valence-corrected chi connectivity index (χ0v) is 14.1. The lowest BCUT2D eigenvalue weighted by Crippen LogP contribution is -2.24. The maximum Gasteiger partial charge on any atom is 0.339 e. The number of benzene rings is 2. The van der Waals surface area contributed by atoms with Crippen molar-refractivity contribution in [3.8, 4) is 0 Å². The Morgan fingerprint density at radius 3 is 2.79 bits per heavy atom. The van der Waals surface area contributed by atoms with E-state index < -0.39 is 5.97 Å². The third-order valence-electron chi connectivity index (χ3n) is 4.33. The minimum atomic E-state index is -0.529. The molecule has 2 aromatic carbocycles. The average Bonchev–Trinajstić information content (AvgIpc) is 2.62. The summed E-state index contributed by atoms with van der Waals surface area (Å²) in [5, 5.41) is 3.19. The maximum atomic E-state index is 12.7. The van der Waals surface area contributed by atoms with Gasteiger partial charge in [0.1, 0.15) is 0 Å². The summed E-state index contributed by atoms with van der Waals surface area (Å²) in [5.41, 5.74) is 3.09. The van der Waals surface area contributed by atoms with Crippen molar-refractivity contribution in [1.29, 1.82) is 0 Å². The average molecular weight is 344 g/mol. The van der Waals surface area contributed by atoms with E-state index in [-0.39, 0.29) is 17.4 Å². The van der Waals surface area contributed by atoms with Crippen molar-refractivity contribution >= 4 is 29.2 Å². The third kappa shape index (κ3) is 3.29. The van der Waals surface area contributed by atoms with Crippen molar-refractivity contribution < 1.29 is 14.3 Å². The van der Waals surface area contributed by atoms with Gasteiger partial charge in [-0.05, 0) is 48.6 Å². The molecule has 1 aliphatic rings. The number of hydrogen-bond acceptors (Lipinski definition) is 3. The summed E-state index contributed by atoms with van der Waals surface area (Å²) in [5.74, 6) is -0.772. The monoisotopic (exact) mass is 343 g/mol. The molecule has 0 aromatic heterocycles. The smallest absolute Gasteiger partial charge is 0.339 e. The van der Waals surface area contributed by atoms with E-state index in [0.29, 0.717) is 10.7 Å². The lowest BCUT2D eigenvalue weighted by atomic mass is 9.82. The number of anilines is 1. The summed E-state index contributed by atoms with van der Waals surface area (Å²) in [6.45, 7) is 0. The summed E-state index contributed by atoms with van der Waals surface area (Å²) >= 11 is 6.01. The van der Waals surface area contributed by atoms with Crippen LogP contribution in [0.25, 0.3) is 0 Å². The Kier molecular flexibility index (Phi) is 4.86. The predicted molar refractivity (Wildman–Crippen MR) is 93.5 cm³/mol. The first-order valence-electron chi connectivity index (χ1n) is 7.86. The van der Waals surface area contributed by atoms with Gasteiger partial charge in [-0.1, -0.05) is 35.9 Å². The summed E-state index contributed by atoms with van der Waals surface area (Å²) in [6, 6.07) is 12.9. The molecule has 0 unspecified atom stereocenters. The largest absolute Gasteiger partial charge is 0.465 e. The van der Waals surface area contributed by atoms with Crippen molar-refractivity contribution in [2.24, 2.45) is 0 Å². The molecular weight excluding hydrogens is 326 g/mol. The van der Waals surface area contributed by atoms with Crippen molar-refractivity contribution in [3.63, 3.8) is 0 Å². The van der Waals surface area contributed by atoms with Gasteiger partial charge in [-0.25, -0.2) is 4.79 Å². The van der Waals surface area contributed by atoms with Gasteiger partial charge in [0, 0.05) is 5.69 Å². The lowest BCUT2D eigenvalue weighted by Gasteiger charge is -2.24. The number of fused-ring (bicyclic) bond motifs is 1. The van der Waals surface area contributed by atoms with Crippen LogP contribution in [0.15, 0.2) is 42.5 Å². The van der Waals surface area contributed by atoms with E-state index in [1.54, 1.807) is 18.2 Å². The molecule has 1 amide bonds. The van der Waals surface area contributed by atoms with Crippen molar-refractivity contribution in [3.05, 3.63) is 64.2 Å².